The van der Waals surface area contributed by atoms with Crippen LogP contribution in [0.3, 0.4) is 0 Å². The Morgan fingerprint density at radius 3 is 3.00 bits per heavy atom. The average Bonchev–Trinajstić information content (AvgIpc) is 2.14. The lowest BCUT2D eigenvalue weighted by molar-refractivity contribution is -0.117. The molecule has 14 heavy (non-hydrogen) atoms. The van der Waals surface area contributed by atoms with E-state index in [0.717, 1.165) is 0 Å². The van der Waals surface area contributed by atoms with Crippen molar-refractivity contribution in [2.45, 2.75) is 6.42 Å². The maximum atomic E-state index is 13.5. The first kappa shape index (κ1) is 9.93. The van der Waals surface area contributed by atoms with Crippen molar-refractivity contribution in [1.29, 1.82) is 0 Å². The van der Waals surface area contributed by atoms with Gasteiger partial charge in [-0.1, -0.05) is 11.6 Å². The zero-order chi connectivity index (χ0) is 10.3. The van der Waals surface area contributed by atoms with Gasteiger partial charge in [0.05, 0.1) is 21.7 Å². The van der Waals surface area contributed by atoms with Crippen LogP contribution in [0.15, 0.2) is 10.5 Å². The van der Waals surface area contributed by atoms with E-state index in [2.05, 4.69) is 21.2 Å². The second-order valence-corrected chi connectivity index (χ2v) is 4.34. The molecular weight excluding hydrogens is 272 g/mol. The molecule has 1 heterocycles. The zero-order valence-electron chi connectivity index (χ0n) is 7.03. The highest BCUT2D eigenvalue weighted by molar-refractivity contribution is 9.10. The molecular formula is C9H6BrClFNO. The van der Waals surface area contributed by atoms with E-state index in [1.807, 2.05) is 0 Å². The lowest BCUT2D eigenvalue weighted by Gasteiger charge is -2.19. The molecule has 2 rings (SSSR count). The third-order valence-electron chi connectivity index (χ3n) is 2.10. The Morgan fingerprint density at radius 2 is 2.29 bits per heavy atom. The number of halogens is 3. The Labute approximate surface area is 93.6 Å². The summed E-state index contributed by atoms with van der Waals surface area (Å²) in [6.45, 7) is 0.216. The predicted octanol–water partition coefficient (Wildman–Crippen LogP) is 2.78. The topological polar surface area (TPSA) is 29.1 Å². The summed E-state index contributed by atoms with van der Waals surface area (Å²) < 4.78 is 13.8. The number of Topliss-reactive ketones (excluding diaryl/α,β-unsaturated/α-hetero) is 1. The highest BCUT2D eigenvalue weighted by Crippen LogP contribution is 2.35. The normalized spacial score (nSPS) is 14.9. The molecule has 1 N–H and O–H groups in total. The van der Waals surface area contributed by atoms with Crippen molar-refractivity contribution in [3.8, 4) is 0 Å². The van der Waals surface area contributed by atoms with Gasteiger partial charge < -0.3 is 5.32 Å². The minimum Gasteiger partial charge on any atom is -0.376 e. The van der Waals surface area contributed by atoms with Crippen molar-refractivity contribution in [3.63, 3.8) is 0 Å². The van der Waals surface area contributed by atoms with Gasteiger partial charge in [0.1, 0.15) is 5.82 Å². The third-order valence-corrected chi connectivity index (χ3v) is 2.98. The number of carbonyl (C=O) groups excluding carboxylic acids is 1. The first-order valence-electron chi connectivity index (χ1n) is 4.01. The standard InChI is InChI=1S/C9H6BrClFNO/c10-6-2-7(11)9-5(8(6)12)1-4(14)3-13-9/h2,13H,1,3H2. The van der Waals surface area contributed by atoms with Crippen LogP contribution in [0.4, 0.5) is 10.1 Å². The van der Waals surface area contributed by atoms with Crippen molar-refractivity contribution < 1.29 is 9.18 Å². The van der Waals surface area contributed by atoms with Gasteiger partial charge in [-0.25, -0.2) is 4.39 Å². The van der Waals surface area contributed by atoms with Crippen LogP contribution in [-0.4, -0.2) is 12.3 Å². The minimum atomic E-state index is -0.412. The summed E-state index contributed by atoms with van der Waals surface area (Å²) in [5.41, 5.74) is 0.882. The van der Waals surface area contributed by atoms with Crippen LogP contribution >= 0.6 is 27.5 Å². The van der Waals surface area contributed by atoms with Gasteiger partial charge in [0, 0.05) is 12.0 Å². The van der Waals surface area contributed by atoms with Crippen molar-refractivity contribution >= 4 is 39.0 Å². The largest absolute Gasteiger partial charge is 0.376 e. The fourth-order valence-corrected chi connectivity index (χ4v) is 2.34. The number of nitrogens with one attached hydrogen (secondary N) is 1. The van der Waals surface area contributed by atoms with Crippen LogP contribution < -0.4 is 5.32 Å². The van der Waals surface area contributed by atoms with Gasteiger partial charge in [-0.2, -0.15) is 0 Å². The quantitative estimate of drug-likeness (QED) is 0.739. The van der Waals surface area contributed by atoms with Crippen LogP contribution in [0.5, 0.6) is 0 Å². The van der Waals surface area contributed by atoms with E-state index < -0.39 is 5.82 Å². The second-order valence-electron chi connectivity index (χ2n) is 3.08. The van der Waals surface area contributed by atoms with Gasteiger partial charge in [0.2, 0.25) is 0 Å². The van der Waals surface area contributed by atoms with E-state index in [1.54, 1.807) is 0 Å². The number of anilines is 1. The van der Waals surface area contributed by atoms with E-state index in [1.165, 1.54) is 6.07 Å². The first-order valence-corrected chi connectivity index (χ1v) is 5.18. The predicted molar refractivity (Wildman–Crippen MR) is 56.3 cm³/mol. The average molecular weight is 279 g/mol. The van der Waals surface area contributed by atoms with Gasteiger partial charge in [0.15, 0.2) is 5.78 Å². The number of fused-ring (bicyclic) bond motifs is 1. The van der Waals surface area contributed by atoms with Gasteiger partial charge in [-0.3, -0.25) is 4.79 Å². The van der Waals surface area contributed by atoms with E-state index in [0.29, 0.717) is 16.3 Å². The van der Waals surface area contributed by atoms with Gasteiger partial charge in [0.25, 0.3) is 0 Å². The third kappa shape index (κ3) is 1.53. The number of ketones is 1. The molecule has 1 aliphatic rings. The molecule has 0 aromatic heterocycles. The summed E-state index contributed by atoms with van der Waals surface area (Å²) >= 11 is 8.94. The number of benzene rings is 1. The molecule has 1 aliphatic heterocycles. The highest BCUT2D eigenvalue weighted by atomic mass is 79.9. The Bertz CT molecular complexity index is 422. The summed E-state index contributed by atoms with van der Waals surface area (Å²) in [6.07, 6.45) is 0.104. The summed E-state index contributed by atoms with van der Waals surface area (Å²) in [6, 6.07) is 1.48. The van der Waals surface area contributed by atoms with Gasteiger partial charge >= 0.3 is 0 Å². The first-order chi connectivity index (χ1) is 6.59. The van der Waals surface area contributed by atoms with Crippen molar-refractivity contribution in [3.05, 3.63) is 26.9 Å². The Balaban J connectivity index is 2.63. The molecule has 0 saturated carbocycles. The smallest absolute Gasteiger partial charge is 0.156 e. The molecule has 5 heteroatoms. The summed E-state index contributed by atoms with van der Waals surface area (Å²) in [5.74, 6) is -0.449. The van der Waals surface area contributed by atoms with Crippen molar-refractivity contribution in [2.75, 3.05) is 11.9 Å². The minimum absolute atomic E-state index is 0.0365. The molecule has 1 aromatic rings. The molecule has 0 atom stereocenters. The SMILES string of the molecule is O=C1CNc2c(Cl)cc(Br)c(F)c2C1. The van der Waals surface area contributed by atoms with E-state index in [4.69, 9.17) is 11.6 Å². The van der Waals surface area contributed by atoms with Crippen LogP contribution in [-0.2, 0) is 11.2 Å². The molecule has 0 unspecified atom stereocenters. The molecule has 0 aliphatic carbocycles. The van der Waals surface area contributed by atoms with Crippen LogP contribution in [0.1, 0.15) is 5.56 Å². The fraction of sp³-hybridized carbons (Fsp3) is 0.222. The zero-order valence-corrected chi connectivity index (χ0v) is 9.38. The van der Waals surface area contributed by atoms with Crippen molar-refractivity contribution in [2.24, 2.45) is 0 Å². The second kappa shape index (κ2) is 3.51. The molecule has 0 fully saturated rings. The van der Waals surface area contributed by atoms with Crippen LogP contribution in [0.25, 0.3) is 0 Å². The van der Waals surface area contributed by atoms with E-state index in [9.17, 15) is 9.18 Å². The fourth-order valence-electron chi connectivity index (χ4n) is 1.45. The summed E-state index contributed by atoms with van der Waals surface area (Å²) in [7, 11) is 0. The van der Waals surface area contributed by atoms with E-state index in [-0.39, 0.29) is 23.2 Å². The maximum Gasteiger partial charge on any atom is 0.156 e. The molecule has 74 valence electrons. The Hall–Kier alpha value is -0.610. The lowest BCUT2D eigenvalue weighted by atomic mass is 10.0. The molecule has 0 spiro atoms. The Morgan fingerprint density at radius 1 is 1.57 bits per heavy atom. The number of carbonyl (C=O) groups is 1. The van der Waals surface area contributed by atoms with Crippen molar-refractivity contribution in [1.82, 2.24) is 0 Å². The van der Waals surface area contributed by atoms with Gasteiger partial charge in [-0.05, 0) is 22.0 Å². The van der Waals surface area contributed by atoms with Gasteiger partial charge in [-0.15, -0.1) is 0 Å². The highest BCUT2D eigenvalue weighted by Gasteiger charge is 2.22. The van der Waals surface area contributed by atoms with E-state index >= 15 is 0 Å². The lowest BCUT2D eigenvalue weighted by Crippen LogP contribution is -2.24. The molecule has 0 saturated heterocycles. The number of hydrogen-bond donors (Lipinski definition) is 1. The van der Waals surface area contributed by atoms with Crippen LogP contribution in [0, 0.1) is 5.82 Å². The molecule has 0 bridgehead atoms. The number of rotatable bonds is 0. The Kier molecular flexibility index (Phi) is 2.49. The maximum absolute atomic E-state index is 13.5. The molecule has 1 aromatic carbocycles. The molecule has 0 radical (unpaired) electrons. The number of hydrogen-bond acceptors (Lipinski definition) is 2. The summed E-state index contributed by atoms with van der Waals surface area (Å²) in [4.78, 5) is 11.1. The molecule has 0 amide bonds. The summed E-state index contributed by atoms with van der Waals surface area (Å²) in [5, 5.41) is 3.24. The van der Waals surface area contributed by atoms with Crippen LogP contribution in [0.2, 0.25) is 5.02 Å². The monoisotopic (exact) mass is 277 g/mol. The molecule has 2 nitrogen and oxygen atoms in total.